The van der Waals surface area contributed by atoms with E-state index in [-0.39, 0.29) is 43.8 Å². The molecular weight excluding hydrogens is 544 g/mol. The number of hydrogen-bond acceptors (Lipinski definition) is 6. The lowest BCUT2D eigenvalue weighted by Gasteiger charge is -2.29. The number of amides is 3. The predicted octanol–water partition coefficient (Wildman–Crippen LogP) is 3.26. The van der Waals surface area contributed by atoms with Gasteiger partial charge in [0.1, 0.15) is 6.04 Å². The third kappa shape index (κ3) is 8.16. The normalized spacial score (nSPS) is 15.4. The number of nitrogens with one attached hydrogen (secondary N) is 3. The Balaban J connectivity index is 1.52. The summed E-state index contributed by atoms with van der Waals surface area (Å²) >= 11 is 0. The molecule has 0 unspecified atom stereocenters. The third-order valence-electron chi connectivity index (χ3n) is 7.29. The van der Waals surface area contributed by atoms with Gasteiger partial charge in [0.05, 0.1) is 24.9 Å². The van der Waals surface area contributed by atoms with Gasteiger partial charge in [-0.25, -0.2) is 0 Å². The van der Waals surface area contributed by atoms with Crippen molar-refractivity contribution >= 4 is 29.5 Å². The molecule has 0 spiro atoms. The van der Waals surface area contributed by atoms with Crippen LogP contribution in [0.4, 0.5) is 5.69 Å². The Kier molecular flexibility index (Phi) is 10.5. The van der Waals surface area contributed by atoms with E-state index in [1.54, 1.807) is 17.0 Å². The van der Waals surface area contributed by atoms with Gasteiger partial charge >= 0.3 is 0 Å². The summed E-state index contributed by atoms with van der Waals surface area (Å²) in [5, 5.41) is 27.5. The molecule has 0 radical (unpaired) electrons. The van der Waals surface area contributed by atoms with Crippen molar-refractivity contribution in [3.63, 3.8) is 0 Å². The van der Waals surface area contributed by atoms with Gasteiger partial charge in [-0.1, -0.05) is 72.8 Å². The Morgan fingerprint density at radius 1 is 1.00 bits per heavy atom. The first-order valence-corrected chi connectivity index (χ1v) is 14.5. The van der Waals surface area contributed by atoms with Crippen molar-refractivity contribution in [2.75, 3.05) is 24.6 Å². The van der Waals surface area contributed by atoms with Crippen molar-refractivity contribution in [1.29, 1.82) is 0 Å². The first kappa shape index (κ1) is 31.6. The van der Waals surface area contributed by atoms with Gasteiger partial charge in [-0.2, -0.15) is 0 Å². The molecule has 2 atom stereocenters. The largest absolute Gasteiger partial charge is 0.394 e. The number of para-hydroxylation sites is 1. The van der Waals surface area contributed by atoms with E-state index >= 15 is 0 Å². The second-order valence-electron chi connectivity index (χ2n) is 11.3. The van der Waals surface area contributed by atoms with Gasteiger partial charge in [-0.15, -0.1) is 0 Å². The fourth-order valence-corrected chi connectivity index (χ4v) is 5.02. The summed E-state index contributed by atoms with van der Waals surface area (Å²) < 4.78 is 0. The molecule has 3 amide bonds. The minimum absolute atomic E-state index is 0.0644. The van der Waals surface area contributed by atoms with Crippen LogP contribution in [-0.4, -0.2) is 65.3 Å². The molecule has 9 nitrogen and oxygen atoms in total. The number of aliphatic hydroxyl groups excluding tert-OH is 2. The molecule has 5 N–H and O–H groups in total. The summed E-state index contributed by atoms with van der Waals surface area (Å²) in [6.07, 6.45) is 2.69. The van der Waals surface area contributed by atoms with Crippen LogP contribution in [0.25, 0.3) is 17.2 Å². The van der Waals surface area contributed by atoms with E-state index in [2.05, 4.69) is 16.0 Å². The number of β-amino-alcohol motifs (C(OH)–C–C–N with tert-alkyl or cyclic N) is 1. The number of aliphatic hydroxyl groups is 2. The molecule has 0 saturated carbocycles. The lowest BCUT2D eigenvalue weighted by molar-refractivity contribution is -0.127. The highest BCUT2D eigenvalue weighted by atomic mass is 16.3. The van der Waals surface area contributed by atoms with Crippen LogP contribution in [0.2, 0.25) is 0 Å². The molecule has 3 aromatic carbocycles. The number of carbonyl (C=O) groups is 3. The van der Waals surface area contributed by atoms with E-state index in [1.165, 1.54) is 0 Å². The molecule has 0 aliphatic carbocycles. The van der Waals surface area contributed by atoms with Gasteiger partial charge in [-0.05, 0) is 55.2 Å². The van der Waals surface area contributed by atoms with Gasteiger partial charge in [0.25, 0.3) is 11.8 Å². The van der Waals surface area contributed by atoms with Crippen LogP contribution in [0.1, 0.15) is 48.7 Å². The number of hydrogen-bond donors (Lipinski definition) is 5. The van der Waals surface area contributed by atoms with Gasteiger partial charge in [-0.3, -0.25) is 14.4 Å². The molecule has 1 heterocycles. The molecule has 0 saturated heterocycles. The summed E-state index contributed by atoms with van der Waals surface area (Å²) in [7, 11) is 0. The Morgan fingerprint density at radius 2 is 1.70 bits per heavy atom. The van der Waals surface area contributed by atoms with Crippen LogP contribution >= 0.6 is 0 Å². The Hall–Kier alpha value is -4.31. The molecule has 1 aliphatic heterocycles. The van der Waals surface area contributed by atoms with E-state index in [0.717, 1.165) is 27.9 Å². The SMILES string of the molecule is CCNC(=O)c1ccccc1-c1ccc(CN2C(=O)[C@H](NC(=O)CC(C)(C)NC[C@H](O)CO)C=Cc3ccccc32)cc1. The van der Waals surface area contributed by atoms with E-state index in [4.69, 9.17) is 5.11 Å². The van der Waals surface area contributed by atoms with Crippen LogP contribution in [0.3, 0.4) is 0 Å². The highest BCUT2D eigenvalue weighted by Gasteiger charge is 2.30. The van der Waals surface area contributed by atoms with E-state index < -0.39 is 17.7 Å². The standard InChI is InChI=1S/C34H40N4O5/c1-4-35-32(42)28-11-7-6-10-27(28)24-15-13-23(14-16-24)21-38-30-12-8-5-9-25(30)17-18-29(33(38)43)37-31(41)19-34(2,3)36-20-26(40)22-39/h5-18,26,29,36,39-40H,4,19-22H2,1-3H3,(H,35,42)(H,37,41)/t26-,29+/m0/s1. The zero-order chi connectivity index (χ0) is 31.0. The average molecular weight is 585 g/mol. The topological polar surface area (TPSA) is 131 Å². The Morgan fingerprint density at radius 3 is 2.42 bits per heavy atom. The van der Waals surface area contributed by atoms with E-state index in [9.17, 15) is 19.5 Å². The quantitative estimate of drug-likeness (QED) is 0.222. The van der Waals surface area contributed by atoms with Crippen LogP contribution < -0.4 is 20.9 Å². The molecule has 43 heavy (non-hydrogen) atoms. The predicted molar refractivity (Wildman–Crippen MR) is 168 cm³/mol. The second-order valence-corrected chi connectivity index (χ2v) is 11.3. The van der Waals surface area contributed by atoms with Crippen LogP contribution in [0, 0.1) is 0 Å². The van der Waals surface area contributed by atoms with Gasteiger partial charge in [0, 0.05) is 30.6 Å². The van der Waals surface area contributed by atoms with Gasteiger partial charge in [0.2, 0.25) is 5.91 Å². The van der Waals surface area contributed by atoms with Gasteiger partial charge < -0.3 is 31.1 Å². The van der Waals surface area contributed by atoms with E-state index in [1.807, 2.05) is 93.6 Å². The van der Waals surface area contributed by atoms with Crippen molar-refractivity contribution in [1.82, 2.24) is 16.0 Å². The third-order valence-corrected chi connectivity index (χ3v) is 7.29. The molecule has 3 aromatic rings. The van der Waals surface area contributed by atoms with Crippen LogP contribution in [-0.2, 0) is 16.1 Å². The van der Waals surface area contributed by atoms with Crippen molar-refractivity contribution in [2.45, 2.75) is 51.4 Å². The number of rotatable bonds is 12. The van der Waals surface area contributed by atoms with Crippen molar-refractivity contribution < 1.29 is 24.6 Å². The zero-order valence-corrected chi connectivity index (χ0v) is 24.8. The number of nitrogens with zero attached hydrogens (tertiary/aromatic N) is 1. The molecule has 1 aliphatic rings. The summed E-state index contributed by atoms with van der Waals surface area (Å²) in [6.45, 7) is 6.11. The maximum Gasteiger partial charge on any atom is 0.253 e. The van der Waals surface area contributed by atoms with Crippen LogP contribution in [0.15, 0.2) is 78.9 Å². The number of anilines is 1. The molecule has 226 valence electrons. The van der Waals surface area contributed by atoms with E-state index in [0.29, 0.717) is 12.1 Å². The first-order valence-electron chi connectivity index (χ1n) is 14.5. The summed E-state index contributed by atoms with van der Waals surface area (Å²) in [4.78, 5) is 41.2. The zero-order valence-electron chi connectivity index (χ0n) is 24.8. The molecular formula is C34H40N4O5. The summed E-state index contributed by atoms with van der Waals surface area (Å²) in [5.41, 5.74) is 4.14. The molecule has 0 fully saturated rings. The monoisotopic (exact) mass is 584 g/mol. The van der Waals surface area contributed by atoms with Crippen LogP contribution in [0.5, 0.6) is 0 Å². The summed E-state index contributed by atoms with van der Waals surface area (Å²) in [6, 6.07) is 22.0. The number of benzene rings is 3. The number of fused-ring (bicyclic) bond motifs is 1. The average Bonchev–Trinajstić information content (AvgIpc) is 3.12. The highest BCUT2D eigenvalue weighted by Crippen LogP contribution is 2.29. The fraction of sp³-hybridized carbons (Fsp3) is 0.324. The molecule has 0 bridgehead atoms. The Bertz CT molecular complexity index is 1470. The minimum atomic E-state index is -0.926. The minimum Gasteiger partial charge on any atom is -0.394 e. The Labute approximate surface area is 252 Å². The highest BCUT2D eigenvalue weighted by molar-refractivity contribution is 6.04. The molecule has 4 rings (SSSR count). The summed E-state index contributed by atoms with van der Waals surface area (Å²) in [5.74, 6) is -0.710. The fourth-order valence-electron chi connectivity index (χ4n) is 5.02. The smallest absolute Gasteiger partial charge is 0.253 e. The first-order chi connectivity index (χ1) is 20.6. The maximum absolute atomic E-state index is 13.9. The molecule has 0 aromatic heterocycles. The van der Waals surface area contributed by atoms with Crippen molar-refractivity contribution in [2.24, 2.45) is 0 Å². The second kappa shape index (κ2) is 14.2. The lowest BCUT2D eigenvalue weighted by atomic mass is 9.98. The lowest BCUT2D eigenvalue weighted by Crippen LogP contribution is -2.51. The number of carbonyl (C=O) groups excluding carboxylic acids is 3. The van der Waals surface area contributed by atoms with Gasteiger partial charge in [0.15, 0.2) is 0 Å². The maximum atomic E-state index is 13.9. The van der Waals surface area contributed by atoms with Crippen molar-refractivity contribution in [3.8, 4) is 11.1 Å². The van der Waals surface area contributed by atoms with Crippen molar-refractivity contribution in [3.05, 3.63) is 95.6 Å². The molecule has 9 heteroatoms.